The standard InChI is InChI=1S/C15H13OSSi/c18-17-15(13-7-2-1-3-8-13)11-10-12-6-4-5-9-14(12)16-15/h1-9H,10-11H2. The molecule has 18 heavy (non-hydrogen) atoms. The molecule has 1 nitrogen and oxygen atoms in total. The molecule has 0 aliphatic carbocycles. The highest BCUT2D eigenvalue weighted by Crippen LogP contribution is 2.45. The largest absolute Gasteiger partial charge is 0.472 e. The monoisotopic (exact) mass is 269 g/mol. The van der Waals surface area contributed by atoms with E-state index in [1.165, 1.54) is 11.1 Å². The van der Waals surface area contributed by atoms with Gasteiger partial charge in [0.2, 0.25) is 0 Å². The third kappa shape index (κ3) is 1.97. The normalized spacial score (nSPS) is 22.1. The lowest BCUT2D eigenvalue weighted by Gasteiger charge is -2.38. The summed E-state index contributed by atoms with van der Waals surface area (Å²) in [6, 6.07) is 18.7. The highest BCUT2D eigenvalue weighted by Gasteiger charge is 2.36. The molecule has 2 aromatic rings. The summed E-state index contributed by atoms with van der Waals surface area (Å²) >= 11 is 1.59. The quantitative estimate of drug-likeness (QED) is 0.769. The van der Waals surface area contributed by atoms with Crippen LogP contribution >= 0.6 is 11.2 Å². The maximum absolute atomic E-state index is 6.27. The Labute approximate surface area is 115 Å². The van der Waals surface area contributed by atoms with Gasteiger partial charge in [-0.2, -0.15) is 0 Å². The van der Waals surface area contributed by atoms with Gasteiger partial charge in [-0.15, -0.1) is 11.2 Å². The maximum atomic E-state index is 6.27. The molecule has 1 aliphatic heterocycles. The van der Waals surface area contributed by atoms with E-state index < -0.39 is 0 Å². The summed E-state index contributed by atoms with van der Waals surface area (Å²) in [5, 5.41) is 0. The number of aryl methyl sites for hydroxylation is 1. The van der Waals surface area contributed by atoms with E-state index in [0.717, 1.165) is 18.6 Å². The van der Waals surface area contributed by atoms with Crippen LogP contribution in [0, 0.1) is 0 Å². The van der Waals surface area contributed by atoms with Crippen molar-refractivity contribution >= 4 is 20.6 Å². The van der Waals surface area contributed by atoms with Crippen LogP contribution in [0.2, 0.25) is 0 Å². The zero-order valence-electron chi connectivity index (χ0n) is 9.93. The second-order valence-electron chi connectivity index (χ2n) is 4.43. The minimum Gasteiger partial charge on any atom is -0.472 e. The fourth-order valence-corrected chi connectivity index (χ4v) is 3.74. The number of para-hydroxylation sites is 1. The number of ether oxygens (including phenoxy) is 1. The molecular weight excluding hydrogens is 256 g/mol. The molecular formula is C15H13OSSi. The first-order valence-electron chi connectivity index (χ1n) is 6.01. The van der Waals surface area contributed by atoms with Crippen LogP contribution in [-0.4, -0.2) is 9.39 Å². The van der Waals surface area contributed by atoms with E-state index in [1.807, 2.05) is 12.1 Å². The lowest BCUT2D eigenvalue weighted by atomic mass is 9.97. The van der Waals surface area contributed by atoms with Gasteiger partial charge in [0.25, 0.3) is 0 Å². The number of hydrogen-bond donors (Lipinski definition) is 0. The Balaban J connectivity index is 2.01. The smallest absolute Gasteiger partial charge is 0.174 e. The van der Waals surface area contributed by atoms with Crippen LogP contribution in [-0.2, 0) is 11.4 Å². The van der Waals surface area contributed by atoms with Crippen molar-refractivity contribution in [2.45, 2.75) is 17.8 Å². The Kier molecular flexibility index (Phi) is 3.18. The predicted molar refractivity (Wildman–Crippen MR) is 76.9 cm³/mol. The predicted octanol–water partition coefficient (Wildman–Crippen LogP) is 3.68. The Morgan fingerprint density at radius 2 is 1.72 bits per heavy atom. The fraction of sp³-hybridized carbons (Fsp3) is 0.200. The van der Waals surface area contributed by atoms with Crippen LogP contribution in [0.4, 0.5) is 0 Å². The number of rotatable bonds is 2. The topological polar surface area (TPSA) is 9.23 Å². The first-order valence-corrected chi connectivity index (χ1v) is 8.05. The lowest BCUT2D eigenvalue weighted by molar-refractivity contribution is 0.140. The van der Waals surface area contributed by atoms with Crippen molar-refractivity contribution in [3.8, 4) is 5.75 Å². The van der Waals surface area contributed by atoms with Gasteiger partial charge in [-0.1, -0.05) is 48.5 Å². The number of hydrogen-bond acceptors (Lipinski definition) is 2. The molecule has 1 aliphatic rings. The second kappa shape index (κ2) is 4.82. The molecule has 0 N–H and O–H groups in total. The summed E-state index contributed by atoms with van der Waals surface area (Å²) in [6.07, 6.45) is 2.02. The Morgan fingerprint density at radius 3 is 2.50 bits per heavy atom. The van der Waals surface area contributed by atoms with Crippen molar-refractivity contribution < 1.29 is 4.74 Å². The van der Waals surface area contributed by atoms with Crippen molar-refractivity contribution in [1.29, 1.82) is 0 Å². The number of fused-ring (bicyclic) bond motifs is 1. The van der Waals surface area contributed by atoms with E-state index >= 15 is 0 Å². The summed E-state index contributed by atoms with van der Waals surface area (Å²) in [5.74, 6) is 0.998. The third-order valence-electron chi connectivity index (χ3n) is 3.35. The Morgan fingerprint density at radius 1 is 1.00 bits per heavy atom. The first kappa shape index (κ1) is 11.9. The SMILES string of the molecule is [Si]SC1(c2ccccc2)CCc2ccccc2O1. The second-order valence-corrected chi connectivity index (χ2v) is 5.91. The van der Waals surface area contributed by atoms with Crippen molar-refractivity contribution in [3.05, 3.63) is 65.7 Å². The van der Waals surface area contributed by atoms with Gasteiger partial charge in [-0.25, -0.2) is 0 Å². The molecule has 3 rings (SSSR count). The molecule has 3 radical (unpaired) electrons. The fourth-order valence-electron chi connectivity index (χ4n) is 2.36. The van der Waals surface area contributed by atoms with E-state index in [4.69, 9.17) is 4.74 Å². The van der Waals surface area contributed by atoms with Crippen LogP contribution in [0.15, 0.2) is 54.6 Å². The molecule has 89 valence electrons. The Hall–Kier alpha value is -1.19. The van der Waals surface area contributed by atoms with Crippen LogP contribution in [0.5, 0.6) is 5.75 Å². The van der Waals surface area contributed by atoms with Gasteiger partial charge in [-0.05, 0) is 18.1 Å². The first-order chi connectivity index (χ1) is 8.84. The highest BCUT2D eigenvalue weighted by molar-refractivity contribution is 8.20. The lowest BCUT2D eigenvalue weighted by Crippen LogP contribution is -2.33. The summed E-state index contributed by atoms with van der Waals surface area (Å²) in [5.41, 5.74) is 2.50. The molecule has 0 fully saturated rings. The summed E-state index contributed by atoms with van der Waals surface area (Å²) in [7, 11) is 3.60. The molecule has 0 saturated heterocycles. The molecule has 0 bridgehead atoms. The average molecular weight is 269 g/mol. The van der Waals surface area contributed by atoms with Crippen molar-refractivity contribution in [2.75, 3.05) is 0 Å². The summed E-state index contributed by atoms with van der Waals surface area (Å²) in [6.45, 7) is 0. The van der Waals surface area contributed by atoms with Gasteiger partial charge in [0.1, 0.15) is 15.1 Å². The molecule has 1 unspecified atom stereocenters. The van der Waals surface area contributed by atoms with Gasteiger partial charge >= 0.3 is 0 Å². The van der Waals surface area contributed by atoms with E-state index in [-0.39, 0.29) is 4.93 Å². The van der Waals surface area contributed by atoms with Gasteiger partial charge in [0, 0.05) is 12.0 Å². The van der Waals surface area contributed by atoms with Gasteiger partial charge in [0.15, 0.2) is 4.93 Å². The molecule has 3 heteroatoms. The van der Waals surface area contributed by atoms with Gasteiger partial charge < -0.3 is 4.74 Å². The molecule has 0 saturated carbocycles. The van der Waals surface area contributed by atoms with Gasteiger partial charge in [0.05, 0.1) is 0 Å². The van der Waals surface area contributed by atoms with Gasteiger partial charge in [-0.3, -0.25) is 0 Å². The van der Waals surface area contributed by atoms with Crippen LogP contribution < -0.4 is 4.74 Å². The molecule has 0 amide bonds. The van der Waals surface area contributed by atoms with Crippen LogP contribution in [0.1, 0.15) is 17.5 Å². The zero-order chi connectivity index (χ0) is 12.4. The zero-order valence-corrected chi connectivity index (χ0v) is 11.7. The molecule has 0 aromatic heterocycles. The molecule has 1 heterocycles. The van der Waals surface area contributed by atoms with Crippen LogP contribution in [0.25, 0.3) is 0 Å². The van der Waals surface area contributed by atoms with E-state index in [1.54, 1.807) is 11.2 Å². The molecule has 2 aromatic carbocycles. The molecule has 1 atom stereocenters. The number of benzene rings is 2. The minimum atomic E-state index is -0.313. The summed E-state index contributed by atoms with van der Waals surface area (Å²) in [4.78, 5) is -0.313. The average Bonchev–Trinajstić information content (AvgIpc) is 2.47. The van der Waals surface area contributed by atoms with E-state index in [2.05, 4.69) is 51.9 Å². The van der Waals surface area contributed by atoms with Crippen molar-refractivity contribution in [2.24, 2.45) is 0 Å². The van der Waals surface area contributed by atoms with Crippen LogP contribution in [0.3, 0.4) is 0 Å². The van der Waals surface area contributed by atoms with E-state index in [0.29, 0.717) is 0 Å². The van der Waals surface area contributed by atoms with Crippen molar-refractivity contribution in [1.82, 2.24) is 0 Å². The Bertz CT molecular complexity index is 543. The maximum Gasteiger partial charge on any atom is 0.174 e. The van der Waals surface area contributed by atoms with Crippen molar-refractivity contribution in [3.63, 3.8) is 0 Å². The minimum absolute atomic E-state index is 0.313. The summed E-state index contributed by atoms with van der Waals surface area (Å²) < 4.78 is 6.27. The van der Waals surface area contributed by atoms with E-state index in [9.17, 15) is 0 Å². The molecule has 0 spiro atoms. The third-order valence-corrected chi connectivity index (χ3v) is 5.19. The highest BCUT2D eigenvalue weighted by atomic mass is 32.4.